The van der Waals surface area contributed by atoms with Gasteiger partial charge in [-0.1, -0.05) is 25.5 Å². The predicted octanol–water partition coefficient (Wildman–Crippen LogP) is 2.55. The normalized spacial score (nSPS) is 11.3. The van der Waals surface area contributed by atoms with E-state index in [1.54, 1.807) is 12.1 Å². The molecule has 0 saturated carbocycles. The Morgan fingerprint density at radius 1 is 1.41 bits per heavy atom. The molecule has 0 radical (unpaired) electrons. The quantitative estimate of drug-likeness (QED) is 0.482. The second kappa shape index (κ2) is 6.96. The third-order valence-corrected chi connectivity index (χ3v) is 2.34. The van der Waals surface area contributed by atoms with Gasteiger partial charge in [-0.05, 0) is 42.8 Å². The molecular weight excluding hydrogens is 237 g/mol. The van der Waals surface area contributed by atoms with E-state index < -0.39 is 0 Å². The van der Waals surface area contributed by atoms with E-state index in [-0.39, 0.29) is 10.9 Å². The Bertz CT molecular complexity index is 401. The van der Waals surface area contributed by atoms with Crippen LogP contribution in [-0.2, 0) is 0 Å². The first kappa shape index (κ1) is 13.6. The largest absolute Gasteiger partial charge is 0.375 e. The maximum Gasteiger partial charge on any atom is 0.184 e. The van der Waals surface area contributed by atoms with Gasteiger partial charge in [-0.25, -0.2) is 4.39 Å². The van der Waals surface area contributed by atoms with E-state index in [4.69, 9.17) is 18.0 Å². The topological polar surface area (TPSA) is 50.4 Å². The van der Waals surface area contributed by atoms with Gasteiger partial charge in [0.15, 0.2) is 5.11 Å². The first-order valence-electron chi connectivity index (χ1n) is 5.51. The number of unbranched alkanes of at least 4 members (excludes halogenated alkanes) is 1. The van der Waals surface area contributed by atoms with Gasteiger partial charge in [-0.2, -0.15) is 5.10 Å². The fourth-order valence-electron chi connectivity index (χ4n) is 1.37. The molecule has 0 saturated heterocycles. The van der Waals surface area contributed by atoms with Crippen molar-refractivity contribution in [3.05, 3.63) is 35.6 Å². The molecule has 0 atom stereocenters. The minimum absolute atomic E-state index is 0.126. The third kappa shape index (κ3) is 4.91. The van der Waals surface area contributed by atoms with Crippen molar-refractivity contribution < 1.29 is 4.39 Å². The maximum atomic E-state index is 12.8. The minimum Gasteiger partial charge on any atom is -0.375 e. The highest BCUT2D eigenvalue weighted by molar-refractivity contribution is 7.80. The Morgan fingerprint density at radius 3 is 2.59 bits per heavy atom. The van der Waals surface area contributed by atoms with E-state index in [0.29, 0.717) is 0 Å². The van der Waals surface area contributed by atoms with E-state index in [0.717, 1.165) is 30.5 Å². The van der Waals surface area contributed by atoms with Crippen molar-refractivity contribution >= 4 is 23.0 Å². The van der Waals surface area contributed by atoms with Gasteiger partial charge in [0, 0.05) is 0 Å². The number of hydrogen-bond donors (Lipinski definition) is 2. The molecule has 3 N–H and O–H groups in total. The lowest BCUT2D eigenvalue weighted by Crippen LogP contribution is -2.25. The van der Waals surface area contributed by atoms with Crippen molar-refractivity contribution in [2.24, 2.45) is 10.8 Å². The van der Waals surface area contributed by atoms with Crippen molar-refractivity contribution in [1.82, 2.24) is 5.43 Å². The van der Waals surface area contributed by atoms with Crippen LogP contribution in [0.2, 0.25) is 0 Å². The molecule has 17 heavy (non-hydrogen) atoms. The molecule has 1 aromatic rings. The summed E-state index contributed by atoms with van der Waals surface area (Å²) in [4.78, 5) is 0. The minimum atomic E-state index is -0.258. The van der Waals surface area contributed by atoms with Crippen LogP contribution in [0.1, 0.15) is 31.7 Å². The highest BCUT2D eigenvalue weighted by Gasteiger charge is 2.04. The van der Waals surface area contributed by atoms with Crippen molar-refractivity contribution in [3.63, 3.8) is 0 Å². The summed E-state index contributed by atoms with van der Waals surface area (Å²) in [5.74, 6) is -0.258. The number of rotatable bonds is 5. The Hall–Kier alpha value is -1.49. The van der Waals surface area contributed by atoms with E-state index in [1.807, 2.05) is 0 Å². The summed E-state index contributed by atoms with van der Waals surface area (Å²) in [6.07, 6.45) is 2.88. The summed E-state index contributed by atoms with van der Waals surface area (Å²) in [6.45, 7) is 2.10. The molecule has 0 fully saturated rings. The van der Waals surface area contributed by atoms with Gasteiger partial charge in [0.05, 0.1) is 5.71 Å². The molecule has 0 aromatic heterocycles. The van der Waals surface area contributed by atoms with Gasteiger partial charge in [-0.15, -0.1) is 0 Å². The van der Waals surface area contributed by atoms with Gasteiger partial charge in [0.2, 0.25) is 0 Å². The van der Waals surface area contributed by atoms with Crippen LogP contribution in [0.25, 0.3) is 0 Å². The van der Waals surface area contributed by atoms with Crippen molar-refractivity contribution in [2.45, 2.75) is 26.2 Å². The summed E-state index contributed by atoms with van der Waals surface area (Å²) >= 11 is 4.70. The van der Waals surface area contributed by atoms with Crippen molar-refractivity contribution in [2.75, 3.05) is 0 Å². The lowest BCUT2D eigenvalue weighted by Gasteiger charge is -2.06. The van der Waals surface area contributed by atoms with Crippen LogP contribution < -0.4 is 11.2 Å². The zero-order valence-corrected chi connectivity index (χ0v) is 10.6. The van der Waals surface area contributed by atoms with Crippen LogP contribution in [0.4, 0.5) is 4.39 Å². The number of nitrogens with one attached hydrogen (secondary N) is 1. The lowest BCUT2D eigenvalue weighted by molar-refractivity contribution is 0.627. The van der Waals surface area contributed by atoms with Gasteiger partial charge < -0.3 is 5.73 Å². The fraction of sp³-hybridized carbons (Fsp3) is 0.333. The summed E-state index contributed by atoms with van der Waals surface area (Å²) in [7, 11) is 0. The van der Waals surface area contributed by atoms with Crippen LogP contribution in [0.5, 0.6) is 0 Å². The van der Waals surface area contributed by atoms with E-state index in [2.05, 4.69) is 17.5 Å². The Balaban J connectivity index is 2.84. The van der Waals surface area contributed by atoms with Crippen LogP contribution in [-0.4, -0.2) is 10.8 Å². The van der Waals surface area contributed by atoms with Crippen LogP contribution in [0.15, 0.2) is 29.4 Å². The number of halogens is 1. The SMILES string of the molecule is CCCC/C(=N\NC(N)=S)c1ccc(F)cc1. The van der Waals surface area contributed by atoms with Crippen LogP contribution in [0.3, 0.4) is 0 Å². The van der Waals surface area contributed by atoms with Gasteiger partial charge in [0.25, 0.3) is 0 Å². The highest BCUT2D eigenvalue weighted by Crippen LogP contribution is 2.09. The third-order valence-electron chi connectivity index (χ3n) is 2.25. The second-order valence-electron chi connectivity index (χ2n) is 3.64. The summed E-state index contributed by atoms with van der Waals surface area (Å²) in [5, 5.41) is 4.26. The molecule has 0 spiro atoms. The zero-order valence-electron chi connectivity index (χ0n) is 9.74. The average molecular weight is 253 g/mol. The van der Waals surface area contributed by atoms with Gasteiger partial charge in [-0.3, -0.25) is 5.43 Å². The van der Waals surface area contributed by atoms with E-state index >= 15 is 0 Å². The van der Waals surface area contributed by atoms with Crippen LogP contribution >= 0.6 is 12.2 Å². The standard InChI is InChI=1S/C12H16FN3S/c1-2-3-4-11(15-16-12(14)17)9-5-7-10(13)8-6-9/h5-8H,2-4H2,1H3,(H3,14,16,17)/b15-11+. The summed E-state index contributed by atoms with van der Waals surface area (Å²) < 4.78 is 12.8. The summed E-state index contributed by atoms with van der Waals surface area (Å²) in [6, 6.07) is 6.23. The average Bonchev–Trinajstić information content (AvgIpc) is 2.30. The molecule has 0 aliphatic carbocycles. The number of thiocarbonyl (C=S) groups is 1. The van der Waals surface area contributed by atoms with Crippen LogP contribution in [0, 0.1) is 5.82 Å². The molecule has 1 aromatic carbocycles. The zero-order chi connectivity index (χ0) is 12.7. The molecule has 0 aliphatic heterocycles. The first-order valence-corrected chi connectivity index (χ1v) is 5.92. The van der Waals surface area contributed by atoms with E-state index in [9.17, 15) is 4.39 Å². The number of hydrogen-bond acceptors (Lipinski definition) is 2. The predicted molar refractivity (Wildman–Crippen MR) is 72.4 cm³/mol. The lowest BCUT2D eigenvalue weighted by atomic mass is 10.1. The molecule has 0 amide bonds. The molecule has 0 aliphatic rings. The Labute approximate surface area is 106 Å². The molecule has 0 unspecified atom stereocenters. The van der Waals surface area contributed by atoms with E-state index in [1.165, 1.54) is 12.1 Å². The molecule has 0 bridgehead atoms. The number of hydrazone groups is 1. The maximum absolute atomic E-state index is 12.8. The molecular formula is C12H16FN3S. The van der Waals surface area contributed by atoms with Gasteiger partial charge in [0.1, 0.15) is 5.82 Å². The number of nitrogens with two attached hydrogens (primary N) is 1. The molecule has 92 valence electrons. The number of nitrogens with zero attached hydrogens (tertiary/aromatic N) is 1. The Kier molecular flexibility index (Phi) is 5.56. The summed E-state index contributed by atoms with van der Waals surface area (Å²) in [5.41, 5.74) is 9.61. The number of benzene rings is 1. The molecule has 1 rings (SSSR count). The molecule has 0 heterocycles. The molecule has 5 heteroatoms. The Morgan fingerprint density at radius 2 is 2.06 bits per heavy atom. The fourth-order valence-corrected chi connectivity index (χ4v) is 1.42. The monoisotopic (exact) mass is 253 g/mol. The highest BCUT2D eigenvalue weighted by atomic mass is 32.1. The van der Waals surface area contributed by atoms with Gasteiger partial charge >= 0.3 is 0 Å². The molecule has 3 nitrogen and oxygen atoms in total. The van der Waals surface area contributed by atoms with Crippen molar-refractivity contribution in [3.8, 4) is 0 Å². The second-order valence-corrected chi connectivity index (χ2v) is 4.08. The van der Waals surface area contributed by atoms with Crippen molar-refractivity contribution in [1.29, 1.82) is 0 Å². The smallest absolute Gasteiger partial charge is 0.184 e. The first-order chi connectivity index (χ1) is 8.13.